The molecule has 0 bridgehead atoms. The van der Waals surface area contributed by atoms with Crippen molar-refractivity contribution in [2.24, 2.45) is 0 Å². The van der Waals surface area contributed by atoms with Crippen LogP contribution in [0.1, 0.15) is 27.3 Å². The Balaban J connectivity index is 1.99. The number of hydrogen-bond acceptors (Lipinski definition) is 4. The highest BCUT2D eigenvalue weighted by atomic mass is 16.4. The van der Waals surface area contributed by atoms with Crippen LogP contribution in [0.5, 0.6) is 5.75 Å². The number of aldehydes is 1. The van der Waals surface area contributed by atoms with Gasteiger partial charge in [-0.05, 0) is 30.3 Å². The number of amides is 1. The van der Waals surface area contributed by atoms with Crippen molar-refractivity contribution >= 4 is 23.9 Å². The van der Waals surface area contributed by atoms with E-state index in [0.717, 1.165) is 0 Å². The lowest BCUT2D eigenvalue weighted by atomic mass is 10.1. The molecule has 22 heavy (non-hydrogen) atoms. The maximum atomic E-state index is 11.9. The van der Waals surface area contributed by atoms with E-state index in [-0.39, 0.29) is 29.3 Å². The number of carboxylic acid groups (broad SMARTS) is 1. The molecule has 0 aliphatic carbocycles. The Labute approximate surface area is 125 Å². The van der Waals surface area contributed by atoms with E-state index in [1.54, 1.807) is 22.9 Å². The van der Waals surface area contributed by atoms with Gasteiger partial charge in [-0.25, -0.2) is 4.79 Å². The van der Waals surface area contributed by atoms with Crippen molar-refractivity contribution < 1.29 is 24.6 Å². The second-order valence-electron chi connectivity index (χ2n) is 4.58. The lowest BCUT2D eigenvalue weighted by molar-refractivity contribution is -0.116. The van der Waals surface area contributed by atoms with Gasteiger partial charge < -0.3 is 20.1 Å². The fourth-order valence-electron chi connectivity index (χ4n) is 1.97. The highest BCUT2D eigenvalue weighted by Crippen LogP contribution is 2.21. The number of nitrogens with zero attached hydrogens (tertiary/aromatic N) is 1. The van der Waals surface area contributed by atoms with Gasteiger partial charge in [-0.2, -0.15) is 0 Å². The second-order valence-corrected chi connectivity index (χ2v) is 4.58. The van der Waals surface area contributed by atoms with Gasteiger partial charge in [-0.1, -0.05) is 0 Å². The van der Waals surface area contributed by atoms with Crippen LogP contribution < -0.4 is 5.32 Å². The topological polar surface area (TPSA) is 109 Å². The van der Waals surface area contributed by atoms with Gasteiger partial charge in [0.2, 0.25) is 5.91 Å². The Morgan fingerprint density at radius 3 is 2.73 bits per heavy atom. The van der Waals surface area contributed by atoms with Crippen LogP contribution in [0.15, 0.2) is 36.5 Å². The molecule has 7 nitrogen and oxygen atoms in total. The largest absolute Gasteiger partial charge is 0.507 e. The van der Waals surface area contributed by atoms with Crippen LogP contribution in [0.25, 0.3) is 0 Å². The highest BCUT2D eigenvalue weighted by molar-refractivity contribution is 5.95. The van der Waals surface area contributed by atoms with Crippen molar-refractivity contribution in [1.82, 2.24) is 4.57 Å². The van der Waals surface area contributed by atoms with Crippen molar-refractivity contribution in [3.05, 3.63) is 47.8 Å². The molecular formula is C15H14N2O5. The normalized spacial score (nSPS) is 10.2. The van der Waals surface area contributed by atoms with E-state index in [9.17, 15) is 19.5 Å². The van der Waals surface area contributed by atoms with E-state index in [1.165, 1.54) is 18.2 Å². The Bertz CT molecular complexity index is 720. The lowest BCUT2D eigenvalue weighted by Crippen LogP contribution is -2.15. The molecule has 7 heteroatoms. The predicted molar refractivity (Wildman–Crippen MR) is 78.1 cm³/mol. The highest BCUT2D eigenvalue weighted by Gasteiger charge is 2.11. The van der Waals surface area contributed by atoms with Crippen LogP contribution in [0.2, 0.25) is 0 Å². The summed E-state index contributed by atoms with van der Waals surface area (Å²) >= 11 is 0. The minimum Gasteiger partial charge on any atom is -0.507 e. The first-order chi connectivity index (χ1) is 10.5. The number of phenols is 1. The molecule has 0 aliphatic rings. The van der Waals surface area contributed by atoms with E-state index in [4.69, 9.17) is 5.11 Å². The Morgan fingerprint density at radius 2 is 2.05 bits per heavy atom. The van der Waals surface area contributed by atoms with Gasteiger partial charge in [-0.15, -0.1) is 0 Å². The first-order valence-electron chi connectivity index (χ1n) is 6.47. The van der Waals surface area contributed by atoms with E-state index >= 15 is 0 Å². The van der Waals surface area contributed by atoms with E-state index in [1.807, 2.05) is 0 Å². The van der Waals surface area contributed by atoms with Crippen molar-refractivity contribution in [1.29, 1.82) is 0 Å². The van der Waals surface area contributed by atoms with Gasteiger partial charge in [0.1, 0.15) is 11.3 Å². The predicted octanol–water partition coefficient (Wildman–Crippen LogP) is 1.73. The smallest absolute Gasteiger partial charge is 0.339 e. The second kappa shape index (κ2) is 6.57. The summed E-state index contributed by atoms with van der Waals surface area (Å²) in [7, 11) is 0. The number of aryl methyl sites for hydroxylation is 1. The molecule has 0 unspecified atom stereocenters. The number of aromatic carboxylic acids is 1. The zero-order chi connectivity index (χ0) is 16.1. The van der Waals surface area contributed by atoms with Crippen molar-refractivity contribution in [3.63, 3.8) is 0 Å². The van der Waals surface area contributed by atoms with Crippen LogP contribution in [0.3, 0.4) is 0 Å². The molecule has 114 valence electrons. The monoisotopic (exact) mass is 302 g/mol. The molecule has 1 amide bonds. The Morgan fingerprint density at radius 1 is 1.27 bits per heavy atom. The molecule has 0 spiro atoms. The summed E-state index contributed by atoms with van der Waals surface area (Å²) in [5.41, 5.74) is 0.473. The number of anilines is 1. The molecule has 1 heterocycles. The van der Waals surface area contributed by atoms with Gasteiger partial charge in [-0.3, -0.25) is 9.59 Å². The molecular weight excluding hydrogens is 288 g/mol. The van der Waals surface area contributed by atoms with Gasteiger partial charge in [0.05, 0.1) is 5.69 Å². The first-order valence-corrected chi connectivity index (χ1v) is 6.47. The SMILES string of the molecule is O=Cc1cccn1CCC(=O)Nc1ccc(O)c(C(=O)O)c1. The minimum atomic E-state index is -1.28. The third-order valence-electron chi connectivity index (χ3n) is 3.08. The summed E-state index contributed by atoms with van der Waals surface area (Å²) in [6, 6.07) is 7.15. The number of nitrogens with one attached hydrogen (secondary N) is 1. The summed E-state index contributed by atoms with van der Waals surface area (Å²) in [6.45, 7) is 0.330. The fraction of sp³-hybridized carbons (Fsp3) is 0.133. The van der Waals surface area contributed by atoms with E-state index in [0.29, 0.717) is 18.5 Å². The molecule has 0 saturated heterocycles. The maximum Gasteiger partial charge on any atom is 0.339 e. The molecule has 0 atom stereocenters. The zero-order valence-corrected chi connectivity index (χ0v) is 11.5. The zero-order valence-electron chi connectivity index (χ0n) is 11.5. The van der Waals surface area contributed by atoms with E-state index in [2.05, 4.69) is 5.32 Å². The summed E-state index contributed by atoms with van der Waals surface area (Å²) in [5, 5.41) is 20.8. The molecule has 2 aromatic rings. The Kier molecular flexibility index (Phi) is 4.57. The number of carbonyl (C=O) groups excluding carboxylic acids is 2. The Hall–Kier alpha value is -3.09. The summed E-state index contributed by atoms with van der Waals surface area (Å²) in [6.07, 6.45) is 2.52. The molecule has 0 aliphatic heterocycles. The van der Waals surface area contributed by atoms with Crippen LogP contribution in [0, 0.1) is 0 Å². The molecule has 1 aromatic heterocycles. The molecule has 1 aromatic carbocycles. The number of rotatable bonds is 6. The summed E-state index contributed by atoms with van der Waals surface area (Å²) in [5.74, 6) is -1.97. The van der Waals surface area contributed by atoms with Crippen molar-refractivity contribution in [2.45, 2.75) is 13.0 Å². The number of benzene rings is 1. The molecule has 3 N–H and O–H groups in total. The number of aromatic hydroxyl groups is 1. The number of carbonyl (C=O) groups is 3. The standard InChI is InChI=1S/C15H14N2O5/c18-9-11-2-1-6-17(11)7-5-14(20)16-10-3-4-13(19)12(8-10)15(21)22/h1-4,6,8-9,19H,5,7H2,(H,16,20)(H,21,22). The van der Waals surface area contributed by atoms with E-state index < -0.39 is 5.97 Å². The van der Waals surface area contributed by atoms with Crippen molar-refractivity contribution in [2.75, 3.05) is 5.32 Å². The molecule has 0 fully saturated rings. The van der Waals surface area contributed by atoms with Gasteiger partial charge >= 0.3 is 5.97 Å². The van der Waals surface area contributed by atoms with Crippen LogP contribution in [-0.4, -0.2) is 32.9 Å². The molecule has 0 saturated carbocycles. The van der Waals surface area contributed by atoms with Gasteiger partial charge in [0, 0.05) is 24.8 Å². The quantitative estimate of drug-likeness (QED) is 0.556. The van der Waals surface area contributed by atoms with Crippen LogP contribution in [-0.2, 0) is 11.3 Å². The number of hydrogen-bond donors (Lipinski definition) is 3. The summed E-state index contributed by atoms with van der Waals surface area (Å²) in [4.78, 5) is 33.5. The average molecular weight is 302 g/mol. The first kappa shape index (κ1) is 15.3. The van der Waals surface area contributed by atoms with Gasteiger partial charge in [0.25, 0.3) is 0 Å². The van der Waals surface area contributed by atoms with Crippen LogP contribution in [0.4, 0.5) is 5.69 Å². The molecule has 0 radical (unpaired) electrons. The number of carboxylic acids is 1. The van der Waals surface area contributed by atoms with Gasteiger partial charge in [0.15, 0.2) is 6.29 Å². The fourth-order valence-corrected chi connectivity index (χ4v) is 1.97. The summed E-state index contributed by atoms with van der Waals surface area (Å²) < 4.78 is 1.64. The lowest BCUT2D eigenvalue weighted by Gasteiger charge is -2.08. The minimum absolute atomic E-state index is 0.124. The third kappa shape index (κ3) is 3.51. The third-order valence-corrected chi connectivity index (χ3v) is 3.08. The number of aromatic nitrogens is 1. The van der Waals surface area contributed by atoms with Crippen molar-refractivity contribution in [3.8, 4) is 5.75 Å². The molecule has 2 rings (SSSR count). The van der Waals surface area contributed by atoms with Crippen LogP contribution >= 0.6 is 0 Å². The maximum absolute atomic E-state index is 11.9. The average Bonchev–Trinajstić information content (AvgIpc) is 2.94.